The molecule has 2 heterocycles. The predicted molar refractivity (Wildman–Crippen MR) is 75.1 cm³/mol. The minimum atomic E-state index is -0.506. The second-order valence-electron chi connectivity index (χ2n) is 4.72. The first-order chi connectivity index (χ1) is 8.97. The van der Waals surface area contributed by atoms with Crippen molar-refractivity contribution >= 4 is 27.5 Å². The van der Waals surface area contributed by atoms with Crippen molar-refractivity contribution in [3.63, 3.8) is 0 Å². The Morgan fingerprint density at radius 2 is 2.32 bits per heavy atom. The van der Waals surface area contributed by atoms with Crippen molar-refractivity contribution in [2.24, 2.45) is 5.92 Å². The maximum absolute atomic E-state index is 11.8. The molecule has 0 spiro atoms. The second kappa shape index (κ2) is 5.85. The number of carbonyl (C=O) groups excluding carboxylic acids is 1. The van der Waals surface area contributed by atoms with Crippen LogP contribution < -0.4 is 16.2 Å². The van der Waals surface area contributed by atoms with Gasteiger partial charge in [0, 0.05) is 35.6 Å². The SMILES string of the molecule is Cc1[nH]c(=O)c(NC(=O)C[C@@H]2CNC[C@H]2O)cc1Br. The lowest BCUT2D eigenvalue weighted by Gasteiger charge is -2.13. The molecule has 1 aliphatic rings. The van der Waals surface area contributed by atoms with Crippen LogP contribution in [-0.2, 0) is 4.79 Å². The molecule has 1 aromatic rings. The first-order valence-electron chi connectivity index (χ1n) is 6.05. The summed E-state index contributed by atoms with van der Waals surface area (Å²) in [7, 11) is 0. The molecule has 0 unspecified atom stereocenters. The standard InChI is InChI=1S/C12H16BrN3O3/c1-6-8(13)3-9(12(19)15-6)16-11(18)2-7-4-14-5-10(7)17/h3,7,10,14,17H,2,4-5H2,1H3,(H,15,19)(H,16,18)/t7-,10-/m1/s1. The Kier molecular flexibility index (Phi) is 4.38. The zero-order chi connectivity index (χ0) is 14.0. The third-order valence-corrected chi connectivity index (χ3v) is 4.02. The molecule has 104 valence electrons. The van der Waals surface area contributed by atoms with Gasteiger partial charge in [-0.1, -0.05) is 0 Å². The average molecular weight is 330 g/mol. The molecule has 0 aliphatic carbocycles. The summed E-state index contributed by atoms with van der Waals surface area (Å²) in [4.78, 5) is 26.2. The normalized spacial score (nSPS) is 22.5. The summed E-state index contributed by atoms with van der Waals surface area (Å²) < 4.78 is 0.727. The van der Waals surface area contributed by atoms with E-state index in [0.717, 1.165) is 4.47 Å². The van der Waals surface area contributed by atoms with E-state index in [2.05, 4.69) is 31.5 Å². The molecule has 2 atom stereocenters. The van der Waals surface area contributed by atoms with Crippen molar-refractivity contribution in [3.05, 3.63) is 26.6 Å². The van der Waals surface area contributed by atoms with E-state index in [0.29, 0.717) is 18.8 Å². The van der Waals surface area contributed by atoms with Crippen LogP contribution in [0.15, 0.2) is 15.3 Å². The molecule has 2 rings (SSSR count). The lowest BCUT2D eigenvalue weighted by atomic mass is 10.0. The topological polar surface area (TPSA) is 94.2 Å². The minimum Gasteiger partial charge on any atom is -0.391 e. The molecular formula is C12H16BrN3O3. The summed E-state index contributed by atoms with van der Waals surface area (Å²) in [5.41, 5.74) is 0.584. The number of pyridine rings is 1. The highest BCUT2D eigenvalue weighted by molar-refractivity contribution is 9.10. The minimum absolute atomic E-state index is 0.104. The maximum atomic E-state index is 11.8. The van der Waals surface area contributed by atoms with Crippen LogP contribution in [-0.4, -0.2) is 35.2 Å². The number of hydrogen-bond donors (Lipinski definition) is 4. The fourth-order valence-electron chi connectivity index (χ4n) is 2.06. The fourth-order valence-corrected chi connectivity index (χ4v) is 2.39. The third-order valence-electron chi connectivity index (χ3n) is 3.20. The van der Waals surface area contributed by atoms with Gasteiger partial charge in [-0.2, -0.15) is 0 Å². The molecular weight excluding hydrogens is 314 g/mol. The van der Waals surface area contributed by atoms with Gasteiger partial charge in [-0.3, -0.25) is 9.59 Å². The van der Waals surface area contributed by atoms with Gasteiger partial charge in [0.25, 0.3) is 5.56 Å². The number of rotatable bonds is 3. The first kappa shape index (κ1) is 14.2. The van der Waals surface area contributed by atoms with E-state index in [1.54, 1.807) is 13.0 Å². The molecule has 0 radical (unpaired) electrons. The van der Waals surface area contributed by atoms with E-state index in [-0.39, 0.29) is 29.5 Å². The van der Waals surface area contributed by atoms with Gasteiger partial charge in [0.1, 0.15) is 5.69 Å². The van der Waals surface area contributed by atoms with Crippen molar-refractivity contribution in [3.8, 4) is 0 Å². The zero-order valence-corrected chi connectivity index (χ0v) is 12.1. The van der Waals surface area contributed by atoms with E-state index in [4.69, 9.17) is 0 Å². The van der Waals surface area contributed by atoms with Gasteiger partial charge < -0.3 is 20.7 Å². The van der Waals surface area contributed by atoms with Crippen molar-refractivity contribution in [1.29, 1.82) is 0 Å². The molecule has 6 nitrogen and oxygen atoms in total. The maximum Gasteiger partial charge on any atom is 0.271 e. The third kappa shape index (κ3) is 3.43. The summed E-state index contributed by atoms with van der Waals surface area (Å²) in [6.07, 6.45) is -0.312. The predicted octanol–water partition coefficient (Wildman–Crippen LogP) is 0.355. The first-order valence-corrected chi connectivity index (χ1v) is 6.84. The molecule has 0 saturated carbocycles. The number of nitrogens with one attached hydrogen (secondary N) is 3. The van der Waals surface area contributed by atoms with Gasteiger partial charge in [-0.15, -0.1) is 0 Å². The number of aromatic amines is 1. The highest BCUT2D eigenvalue weighted by Crippen LogP contribution is 2.17. The molecule has 7 heteroatoms. The monoisotopic (exact) mass is 329 g/mol. The Morgan fingerprint density at radius 3 is 2.95 bits per heavy atom. The van der Waals surface area contributed by atoms with E-state index in [9.17, 15) is 14.7 Å². The number of aryl methyl sites for hydroxylation is 1. The fraction of sp³-hybridized carbons (Fsp3) is 0.500. The van der Waals surface area contributed by atoms with Crippen LogP contribution in [0, 0.1) is 12.8 Å². The van der Waals surface area contributed by atoms with Crippen LogP contribution in [0.4, 0.5) is 5.69 Å². The summed E-state index contributed by atoms with van der Waals surface area (Å²) in [5.74, 6) is -0.373. The van der Waals surface area contributed by atoms with Gasteiger partial charge in [-0.25, -0.2) is 0 Å². The van der Waals surface area contributed by atoms with Gasteiger partial charge in [0.15, 0.2) is 0 Å². The molecule has 1 aliphatic heterocycles. The van der Waals surface area contributed by atoms with E-state index >= 15 is 0 Å². The smallest absolute Gasteiger partial charge is 0.271 e. The largest absolute Gasteiger partial charge is 0.391 e. The van der Waals surface area contributed by atoms with E-state index in [1.807, 2.05) is 0 Å². The lowest BCUT2D eigenvalue weighted by Crippen LogP contribution is -2.26. The van der Waals surface area contributed by atoms with Gasteiger partial charge in [0.2, 0.25) is 5.91 Å². The molecule has 1 saturated heterocycles. The molecule has 0 bridgehead atoms. The van der Waals surface area contributed by atoms with E-state index in [1.165, 1.54) is 0 Å². The molecule has 1 amide bonds. The Balaban J connectivity index is 2.03. The second-order valence-corrected chi connectivity index (χ2v) is 5.58. The van der Waals surface area contributed by atoms with Crippen LogP contribution in [0.25, 0.3) is 0 Å². The van der Waals surface area contributed by atoms with Crippen molar-refractivity contribution in [2.75, 3.05) is 18.4 Å². The van der Waals surface area contributed by atoms with Crippen LogP contribution in [0.3, 0.4) is 0 Å². The average Bonchev–Trinajstić information content (AvgIpc) is 2.72. The Labute approximate surface area is 118 Å². The zero-order valence-electron chi connectivity index (χ0n) is 10.5. The van der Waals surface area contributed by atoms with Crippen LogP contribution in [0.2, 0.25) is 0 Å². The Hall–Kier alpha value is -1.18. The Morgan fingerprint density at radius 1 is 1.58 bits per heavy atom. The number of β-amino-alcohol motifs (C(OH)–C–C–N with tert-alkyl or cyclic N) is 1. The number of carbonyl (C=O) groups is 1. The quantitative estimate of drug-likeness (QED) is 0.643. The van der Waals surface area contributed by atoms with Crippen LogP contribution in [0.1, 0.15) is 12.1 Å². The summed E-state index contributed by atoms with van der Waals surface area (Å²) >= 11 is 3.30. The number of amides is 1. The van der Waals surface area contributed by atoms with Crippen LogP contribution in [0.5, 0.6) is 0 Å². The van der Waals surface area contributed by atoms with Crippen molar-refractivity contribution < 1.29 is 9.90 Å². The number of H-pyrrole nitrogens is 1. The van der Waals surface area contributed by atoms with Gasteiger partial charge in [-0.05, 0) is 28.9 Å². The highest BCUT2D eigenvalue weighted by atomic mass is 79.9. The highest BCUT2D eigenvalue weighted by Gasteiger charge is 2.27. The number of halogens is 1. The number of aliphatic hydroxyl groups excluding tert-OH is 1. The summed E-state index contributed by atoms with van der Waals surface area (Å²) in [5, 5.41) is 15.2. The molecule has 4 N–H and O–H groups in total. The molecule has 19 heavy (non-hydrogen) atoms. The lowest BCUT2D eigenvalue weighted by molar-refractivity contribution is -0.117. The molecule has 1 aromatic heterocycles. The molecule has 1 fully saturated rings. The summed E-state index contributed by atoms with van der Waals surface area (Å²) in [6, 6.07) is 1.58. The number of aromatic nitrogens is 1. The van der Waals surface area contributed by atoms with E-state index < -0.39 is 6.10 Å². The van der Waals surface area contributed by atoms with Gasteiger partial charge >= 0.3 is 0 Å². The van der Waals surface area contributed by atoms with Gasteiger partial charge in [0.05, 0.1) is 6.10 Å². The Bertz CT molecular complexity index is 544. The molecule has 0 aromatic carbocycles. The number of aliphatic hydroxyl groups is 1. The number of hydrogen-bond acceptors (Lipinski definition) is 4. The van der Waals surface area contributed by atoms with Crippen LogP contribution >= 0.6 is 15.9 Å². The number of anilines is 1. The van der Waals surface area contributed by atoms with Crippen molar-refractivity contribution in [2.45, 2.75) is 19.4 Å². The summed E-state index contributed by atoms with van der Waals surface area (Å²) in [6.45, 7) is 2.88. The van der Waals surface area contributed by atoms with Crippen molar-refractivity contribution in [1.82, 2.24) is 10.3 Å².